The second-order valence-corrected chi connectivity index (χ2v) is 16.5. The predicted molar refractivity (Wildman–Crippen MR) is 226 cm³/mol. The lowest BCUT2D eigenvalue weighted by Crippen LogP contribution is -2.59. The van der Waals surface area contributed by atoms with Crippen molar-refractivity contribution in [1.29, 1.82) is 5.26 Å². The number of carbonyl (C=O) groups is 4. The molecule has 4 amide bonds. The van der Waals surface area contributed by atoms with Crippen molar-refractivity contribution >= 4 is 63.7 Å². The number of hydrogen-bond donors (Lipinski definition) is 3. The minimum Gasteiger partial charge on any atom is -0.489 e. The molecule has 0 saturated carbocycles. The molecule has 3 N–H and O–H groups in total. The first-order valence-electron chi connectivity index (χ1n) is 19.9. The molecule has 3 aliphatic heterocycles. The Bertz CT molecular complexity index is 2220. The zero-order chi connectivity index (χ0) is 43.7. The van der Waals surface area contributed by atoms with Crippen molar-refractivity contribution in [2.24, 2.45) is 0 Å². The first-order chi connectivity index (χ1) is 28.3. The summed E-state index contributed by atoms with van der Waals surface area (Å²) in [5.41, 5.74) is -0.307. The van der Waals surface area contributed by atoms with E-state index in [1.165, 1.54) is 6.07 Å². The highest BCUT2D eigenvalue weighted by Crippen LogP contribution is 2.41. The smallest absolute Gasteiger partial charge is 0.417 e. The van der Waals surface area contributed by atoms with Crippen LogP contribution in [-0.4, -0.2) is 94.5 Å². The Morgan fingerprint density at radius 3 is 2.37 bits per heavy atom. The summed E-state index contributed by atoms with van der Waals surface area (Å²) in [5.74, 6) is -0.660. The fourth-order valence-corrected chi connectivity index (χ4v) is 8.71. The van der Waals surface area contributed by atoms with Crippen LogP contribution >= 0.6 is 12.2 Å². The summed E-state index contributed by atoms with van der Waals surface area (Å²) in [6, 6.07) is 16.9. The Balaban J connectivity index is 1.05. The van der Waals surface area contributed by atoms with E-state index in [1.807, 2.05) is 26.0 Å². The van der Waals surface area contributed by atoms with E-state index in [0.29, 0.717) is 55.3 Å². The number of piperazine rings is 1. The number of halogens is 3. The third kappa shape index (κ3) is 9.41. The summed E-state index contributed by atoms with van der Waals surface area (Å²) in [6.07, 6.45) is -3.77. The fraction of sp³-hybridized carbons (Fsp3) is 0.442. The number of ether oxygens (including phenoxy) is 1. The summed E-state index contributed by atoms with van der Waals surface area (Å²) in [5, 5.41) is 17.7. The monoisotopic (exact) mass is 846 g/mol. The van der Waals surface area contributed by atoms with Crippen LogP contribution in [0.5, 0.6) is 5.75 Å². The second kappa shape index (κ2) is 17.6. The minimum atomic E-state index is -4.80. The van der Waals surface area contributed by atoms with Gasteiger partial charge in [-0.05, 0) is 120 Å². The van der Waals surface area contributed by atoms with E-state index in [1.54, 1.807) is 55.1 Å². The van der Waals surface area contributed by atoms with Gasteiger partial charge in [-0.3, -0.25) is 39.2 Å². The number of carbonyl (C=O) groups excluding carboxylic acids is 4. The second-order valence-electron chi connectivity index (χ2n) is 16.1. The molecular formula is C43H49F3N8O5S. The van der Waals surface area contributed by atoms with E-state index in [-0.39, 0.29) is 59.7 Å². The molecule has 0 spiro atoms. The zero-order valence-corrected chi connectivity index (χ0v) is 35.2. The van der Waals surface area contributed by atoms with Gasteiger partial charge in [0.25, 0.3) is 5.91 Å². The summed E-state index contributed by atoms with van der Waals surface area (Å²) in [7, 11) is 0. The van der Waals surface area contributed by atoms with Crippen LogP contribution in [0.2, 0.25) is 0 Å². The molecule has 3 saturated heterocycles. The first kappa shape index (κ1) is 44.0. The quantitative estimate of drug-likeness (QED) is 0.144. The zero-order valence-electron chi connectivity index (χ0n) is 34.4. The van der Waals surface area contributed by atoms with Crippen molar-refractivity contribution in [2.75, 3.05) is 46.6 Å². The van der Waals surface area contributed by atoms with Crippen LogP contribution in [0.15, 0.2) is 60.7 Å². The number of aryl methyl sites for hydroxylation is 1. The Labute approximate surface area is 352 Å². The van der Waals surface area contributed by atoms with Crippen LogP contribution < -0.4 is 30.5 Å². The van der Waals surface area contributed by atoms with E-state index < -0.39 is 34.8 Å². The lowest BCUT2D eigenvalue weighted by atomic mass is 10.0. The molecule has 3 fully saturated rings. The normalized spacial score (nSPS) is 21.7. The number of rotatable bonds is 12. The van der Waals surface area contributed by atoms with Crippen molar-refractivity contribution in [2.45, 2.75) is 96.7 Å². The molecule has 0 bridgehead atoms. The van der Waals surface area contributed by atoms with Gasteiger partial charge in [-0.1, -0.05) is 13.0 Å². The molecular weight excluding hydrogens is 798 g/mol. The maximum absolute atomic E-state index is 13.8. The first-order valence-corrected chi connectivity index (χ1v) is 20.3. The number of imide groups is 1. The maximum atomic E-state index is 13.8. The Morgan fingerprint density at radius 1 is 1.03 bits per heavy atom. The van der Waals surface area contributed by atoms with Gasteiger partial charge in [0.1, 0.15) is 23.4 Å². The minimum absolute atomic E-state index is 0.0142. The molecule has 3 aliphatic rings. The SMILES string of the molecule is CCc1cc(N2C(=S)N(c3ccc(C#N)c(C(F)(F)F)c3)C(=O)C2(C)C)ccc1OC(C)CN1C[C@@H](C)N(CC(=O)Nc2cccc(NC3CCC(=O)NC3=O)c2)[C@@H](C)C1. The number of anilines is 4. The molecule has 0 aliphatic carbocycles. The van der Waals surface area contributed by atoms with Crippen molar-refractivity contribution in [3.63, 3.8) is 0 Å². The van der Waals surface area contributed by atoms with Crippen LogP contribution in [0.3, 0.4) is 0 Å². The molecule has 60 heavy (non-hydrogen) atoms. The van der Waals surface area contributed by atoms with Gasteiger partial charge in [-0.2, -0.15) is 18.4 Å². The summed E-state index contributed by atoms with van der Waals surface area (Å²) >= 11 is 5.74. The van der Waals surface area contributed by atoms with E-state index in [4.69, 9.17) is 17.0 Å². The van der Waals surface area contributed by atoms with E-state index in [0.717, 1.165) is 22.6 Å². The van der Waals surface area contributed by atoms with Crippen molar-refractivity contribution in [3.05, 3.63) is 77.4 Å². The maximum Gasteiger partial charge on any atom is 0.417 e. The van der Waals surface area contributed by atoms with Gasteiger partial charge < -0.3 is 20.3 Å². The topological polar surface area (TPSA) is 150 Å². The molecule has 0 radical (unpaired) electrons. The molecule has 3 aromatic rings. The third-order valence-corrected chi connectivity index (χ3v) is 11.5. The average molecular weight is 847 g/mol. The number of thiocarbonyl (C=S) groups is 1. The number of benzene rings is 3. The molecule has 0 aromatic heterocycles. The number of piperidine rings is 1. The van der Waals surface area contributed by atoms with E-state index in [9.17, 15) is 37.6 Å². The van der Waals surface area contributed by atoms with Gasteiger partial charge in [0.05, 0.1) is 29.4 Å². The summed E-state index contributed by atoms with van der Waals surface area (Å²) < 4.78 is 47.9. The molecule has 318 valence electrons. The molecule has 6 rings (SSSR count). The average Bonchev–Trinajstić information content (AvgIpc) is 3.35. The van der Waals surface area contributed by atoms with Gasteiger partial charge in [0, 0.05) is 55.2 Å². The highest BCUT2D eigenvalue weighted by Gasteiger charge is 2.51. The Morgan fingerprint density at radius 2 is 1.72 bits per heavy atom. The number of nitriles is 1. The molecule has 3 aromatic carbocycles. The van der Waals surface area contributed by atoms with Crippen molar-refractivity contribution < 1.29 is 37.1 Å². The number of hydrogen-bond acceptors (Lipinski definition) is 10. The molecule has 2 unspecified atom stereocenters. The van der Waals surface area contributed by atoms with Crippen LogP contribution in [-0.2, 0) is 31.8 Å². The lowest BCUT2D eigenvalue weighted by molar-refractivity contribution is -0.138. The Hall–Kier alpha value is -5.57. The molecule has 17 heteroatoms. The highest BCUT2D eigenvalue weighted by atomic mass is 32.1. The highest BCUT2D eigenvalue weighted by molar-refractivity contribution is 7.81. The van der Waals surface area contributed by atoms with Crippen LogP contribution in [0, 0.1) is 11.3 Å². The summed E-state index contributed by atoms with van der Waals surface area (Å²) in [4.78, 5) is 57.9. The van der Waals surface area contributed by atoms with Gasteiger partial charge in [0.15, 0.2) is 5.11 Å². The third-order valence-electron chi connectivity index (χ3n) is 11.1. The predicted octanol–water partition coefficient (Wildman–Crippen LogP) is 6.07. The Kier molecular flexibility index (Phi) is 12.9. The van der Waals surface area contributed by atoms with E-state index in [2.05, 4.69) is 39.6 Å². The van der Waals surface area contributed by atoms with Gasteiger partial charge in [-0.25, -0.2) is 0 Å². The van der Waals surface area contributed by atoms with Gasteiger partial charge >= 0.3 is 6.18 Å². The van der Waals surface area contributed by atoms with Gasteiger partial charge in [-0.15, -0.1) is 0 Å². The van der Waals surface area contributed by atoms with Crippen molar-refractivity contribution in [3.8, 4) is 11.8 Å². The number of nitrogens with zero attached hydrogens (tertiary/aromatic N) is 5. The molecule has 13 nitrogen and oxygen atoms in total. The fourth-order valence-electron chi connectivity index (χ4n) is 8.19. The van der Waals surface area contributed by atoms with Crippen molar-refractivity contribution in [1.82, 2.24) is 15.1 Å². The standard InChI is InChI=1S/C43H49F3N8O5S/c1-7-28-17-33(54-41(60)53(40(58)42(54,5)6)32-12-11-29(20-47)34(19-32)43(44,45)46)13-15-36(28)59-27(4)23-51-21-25(2)52(26(3)22-51)24-38(56)49-31-10-8-9-30(18-31)48-35-14-16-37(55)50-39(35)57/h8-13,15,17-19,25-27,35,48H,7,14,16,21-24H2,1-6H3,(H,49,56)(H,50,55,57)/t25-,26+,27?,35?. The van der Waals surface area contributed by atoms with Crippen LogP contribution in [0.1, 0.15) is 71.1 Å². The van der Waals surface area contributed by atoms with E-state index >= 15 is 0 Å². The molecule has 3 heterocycles. The largest absolute Gasteiger partial charge is 0.489 e. The lowest BCUT2D eigenvalue weighted by Gasteiger charge is -2.44. The van der Waals surface area contributed by atoms with Crippen LogP contribution in [0.25, 0.3) is 0 Å². The van der Waals surface area contributed by atoms with Gasteiger partial charge in [0.2, 0.25) is 17.7 Å². The van der Waals surface area contributed by atoms with Crippen LogP contribution in [0.4, 0.5) is 35.9 Å². The molecule has 4 atom stereocenters. The summed E-state index contributed by atoms with van der Waals surface area (Å²) in [6.45, 7) is 13.7. The number of alkyl halides is 3. The number of amides is 4. The number of nitrogens with one attached hydrogen (secondary N) is 3.